The van der Waals surface area contributed by atoms with E-state index in [-0.39, 0.29) is 23.2 Å². The lowest BCUT2D eigenvalue weighted by molar-refractivity contribution is 0.0431. The maximum atomic E-state index is 13.3. The van der Waals surface area contributed by atoms with Crippen LogP contribution in [-0.4, -0.2) is 77.3 Å². The molecule has 1 saturated heterocycles. The fraction of sp³-hybridized carbons (Fsp3) is 0.361. The van der Waals surface area contributed by atoms with Crippen LogP contribution in [0.15, 0.2) is 93.0 Å². The summed E-state index contributed by atoms with van der Waals surface area (Å²) in [5.41, 5.74) is 2.54. The number of amides is 1. The molecule has 5 aliphatic heterocycles. The predicted molar refractivity (Wildman–Crippen MR) is 186 cm³/mol. The number of carbonyl (C=O) groups excluding carboxylic acids is 1. The van der Waals surface area contributed by atoms with Gasteiger partial charge >= 0.3 is 6.09 Å². The molecule has 0 spiro atoms. The number of aliphatic imine (C=N–C) groups is 2. The third-order valence-corrected chi connectivity index (χ3v) is 10.7. The fourth-order valence-corrected chi connectivity index (χ4v) is 8.15. The van der Waals surface area contributed by atoms with Crippen molar-refractivity contribution in [3.63, 3.8) is 0 Å². The molecule has 1 amide bonds. The van der Waals surface area contributed by atoms with E-state index < -0.39 is 15.4 Å². The largest absolute Gasteiger partial charge is 0.474 e. The van der Waals surface area contributed by atoms with Gasteiger partial charge in [0, 0.05) is 55.4 Å². The van der Waals surface area contributed by atoms with Crippen LogP contribution in [0.5, 0.6) is 5.88 Å². The van der Waals surface area contributed by atoms with Crippen LogP contribution in [0, 0.1) is 0 Å². The molecular formula is C36H37N7O5S. The fourth-order valence-electron chi connectivity index (χ4n) is 7.13. The highest BCUT2D eigenvalue weighted by Crippen LogP contribution is 2.39. The molecule has 1 unspecified atom stereocenters. The Morgan fingerprint density at radius 3 is 2.43 bits per heavy atom. The van der Waals surface area contributed by atoms with Crippen LogP contribution in [0.4, 0.5) is 4.79 Å². The number of allylic oxidation sites excluding steroid dienone is 4. The van der Waals surface area contributed by atoms with Gasteiger partial charge in [-0.25, -0.2) is 33.2 Å². The van der Waals surface area contributed by atoms with Gasteiger partial charge in [0.05, 0.1) is 34.2 Å². The molecule has 2 aromatic rings. The topological polar surface area (TPSA) is 151 Å². The summed E-state index contributed by atoms with van der Waals surface area (Å²) in [5.74, 6) is 0.402. The third-order valence-electron chi connectivity index (χ3n) is 9.57. The van der Waals surface area contributed by atoms with E-state index in [0.717, 1.165) is 42.1 Å². The monoisotopic (exact) mass is 679 g/mol. The molecule has 1 aliphatic carbocycles. The first-order valence-corrected chi connectivity index (χ1v) is 18.6. The summed E-state index contributed by atoms with van der Waals surface area (Å²) in [4.78, 5) is 36.5. The molecule has 7 heterocycles. The van der Waals surface area contributed by atoms with Crippen LogP contribution < -0.4 is 20.8 Å². The minimum Gasteiger partial charge on any atom is -0.474 e. The van der Waals surface area contributed by atoms with Crippen molar-refractivity contribution in [3.05, 3.63) is 99.4 Å². The SMILES string of the molecule is CS(=O)(=O)C1=C2C=CC(=N2)C=c2ccc([nH]2)=CC2=NC(=CC3(c4cc(OC5CCN(C(=O)OC6CCCC6)CC5)ncn4)CC=C1N3)C=C2. The van der Waals surface area contributed by atoms with Gasteiger partial charge in [-0.1, -0.05) is 6.08 Å². The average Bonchev–Trinajstić information content (AvgIpc) is 3.92. The molecule has 8 rings (SSSR count). The number of rotatable bonds is 5. The minimum absolute atomic E-state index is 0.0358. The third kappa shape index (κ3) is 6.54. The molecule has 2 fully saturated rings. The van der Waals surface area contributed by atoms with E-state index in [2.05, 4.69) is 25.3 Å². The number of aromatic amines is 1. The Morgan fingerprint density at radius 1 is 0.939 bits per heavy atom. The normalized spacial score (nSPS) is 23.7. The Labute approximate surface area is 284 Å². The molecule has 2 N–H and O–H groups in total. The van der Waals surface area contributed by atoms with E-state index in [1.165, 1.54) is 12.6 Å². The van der Waals surface area contributed by atoms with Crippen LogP contribution in [0.3, 0.4) is 0 Å². The van der Waals surface area contributed by atoms with Crippen LogP contribution in [0.2, 0.25) is 0 Å². The smallest absolute Gasteiger partial charge is 0.410 e. The van der Waals surface area contributed by atoms with Crippen molar-refractivity contribution >= 4 is 39.5 Å². The van der Waals surface area contributed by atoms with Gasteiger partial charge in [-0.2, -0.15) is 0 Å². The zero-order valence-electron chi connectivity index (χ0n) is 27.1. The highest BCUT2D eigenvalue weighted by molar-refractivity contribution is 7.94. The number of sulfone groups is 1. The highest BCUT2D eigenvalue weighted by Gasteiger charge is 2.40. The number of likely N-dealkylation sites (tertiary alicyclic amines) is 1. The van der Waals surface area contributed by atoms with Gasteiger partial charge in [0.25, 0.3) is 0 Å². The summed E-state index contributed by atoms with van der Waals surface area (Å²) in [5, 5.41) is 5.24. The van der Waals surface area contributed by atoms with Crippen molar-refractivity contribution in [1.29, 1.82) is 0 Å². The number of ether oxygens (including phenoxy) is 2. The molecule has 8 bridgehead atoms. The van der Waals surface area contributed by atoms with E-state index >= 15 is 0 Å². The summed E-state index contributed by atoms with van der Waals surface area (Å²) < 4.78 is 38.7. The number of hydrogen-bond donors (Lipinski definition) is 2. The second-order valence-corrected chi connectivity index (χ2v) is 15.2. The Bertz CT molecular complexity index is 2160. The highest BCUT2D eigenvalue weighted by atomic mass is 32.2. The van der Waals surface area contributed by atoms with Gasteiger partial charge in [0.1, 0.15) is 29.0 Å². The predicted octanol–water partition coefficient (Wildman–Crippen LogP) is 3.24. The molecule has 49 heavy (non-hydrogen) atoms. The maximum Gasteiger partial charge on any atom is 0.410 e. The summed E-state index contributed by atoms with van der Waals surface area (Å²) in [6.07, 6.45) is 23.2. The van der Waals surface area contributed by atoms with E-state index in [1.807, 2.05) is 48.6 Å². The molecule has 0 radical (unpaired) electrons. The Kier molecular flexibility index (Phi) is 7.93. The molecule has 12 nitrogen and oxygen atoms in total. The minimum atomic E-state index is -3.71. The number of aromatic nitrogens is 3. The van der Waals surface area contributed by atoms with Crippen molar-refractivity contribution < 1.29 is 22.7 Å². The number of H-pyrrole nitrogens is 1. The number of hydrogen-bond acceptors (Lipinski definition) is 10. The standard InChI is InChI=1S/C36H37N7O5S/c1-49(45,46)34-30-11-10-26(41-30)19-24-7-6-23(39-24)18-25-8-9-27(40-25)21-36(15-12-31(34)42-36)32-20-33(38-22-37-32)47-29-13-16-43(17-14-29)35(44)48-28-4-2-3-5-28/h6-12,18-22,28-29,39,42H,2-5,13-17H2,1H3. The zero-order valence-corrected chi connectivity index (χ0v) is 27.9. The Hall–Kier alpha value is -5.04. The van der Waals surface area contributed by atoms with Gasteiger partial charge in [-0.05, 0) is 80.3 Å². The molecular weight excluding hydrogens is 643 g/mol. The van der Waals surface area contributed by atoms with Crippen molar-refractivity contribution in [2.45, 2.75) is 62.7 Å². The number of nitrogens with one attached hydrogen (secondary N) is 2. The van der Waals surface area contributed by atoms with Gasteiger partial charge in [0.2, 0.25) is 5.88 Å². The molecule has 252 valence electrons. The number of carbonyl (C=O) groups is 1. The molecule has 1 saturated carbocycles. The van der Waals surface area contributed by atoms with Crippen LogP contribution in [0.25, 0.3) is 12.2 Å². The first-order chi connectivity index (χ1) is 23.7. The van der Waals surface area contributed by atoms with Crippen LogP contribution in [0.1, 0.15) is 50.6 Å². The zero-order chi connectivity index (χ0) is 33.6. The lowest BCUT2D eigenvalue weighted by Crippen LogP contribution is -2.43. The number of fused-ring (bicyclic) bond motifs is 6. The second-order valence-electron chi connectivity index (χ2n) is 13.2. The first kappa shape index (κ1) is 31.2. The molecule has 0 aromatic carbocycles. The first-order valence-electron chi connectivity index (χ1n) is 16.7. The number of piperidine rings is 1. The van der Waals surface area contributed by atoms with Crippen LogP contribution in [-0.2, 0) is 20.1 Å². The lowest BCUT2D eigenvalue weighted by atomic mass is 9.91. The van der Waals surface area contributed by atoms with Crippen molar-refractivity contribution in [2.24, 2.45) is 9.98 Å². The summed E-state index contributed by atoms with van der Waals surface area (Å²) in [6, 6.07) is 5.70. The van der Waals surface area contributed by atoms with Crippen molar-refractivity contribution in [2.75, 3.05) is 19.3 Å². The van der Waals surface area contributed by atoms with Crippen molar-refractivity contribution in [3.8, 4) is 5.88 Å². The quantitative estimate of drug-likeness (QED) is 0.489. The maximum absolute atomic E-state index is 13.3. The number of nitrogens with zero attached hydrogens (tertiary/aromatic N) is 5. The Morgan fingerprint density at radius 2 is 1.67 bits per heavy atom. The Balaban J connectivity index is 1.10. The van der Waals surface area contributed by atoms with E-state index in [1.54, 1.807) is 23.1 Å². The van der Waals surface area contributed by atoms with Gasteiger partial charge in [-0.3, -0.25) is 0 Å². The molecule has 6 aliphatic rings. The second kappa shape index (κ2) is 12.4. The average molecular weight is 680 g/mol. The summed E-state index contributed by atoms with van der Waals surface area (Å²) in [7, 11) is -3.71. The molecule has 13 heteroatoms. The molecule has 1 atom stereocenters. The summed E-state index contributed by atoms with van der Waals surface area (Å²) in [6.45, 7) is 1.09. The van der Waals surface area contributed by atoms with Gasteiger partial charge < -0.3 is 24.7 Å². The van der Waals surface area contributed by atoms with E-state index in [9.17, 15) is 13.2 Å². The molecule has 2 aromatic heterocycles. The summed E-state index contributed by atoms with van der Waals surface area (Å²) >= 11 is 0. The van der Waals surface area contributed by atoms with Gasteiger partial charge in [-0.15, -0.1) is 0 Å². The van der Waals surface area contributed by atoms with Crippen LogP contribution >= 0.6 is 0 Å². The van der Waals surface area contributed by atoms with Gasteiger partial charge in [0.15, 0.2) is 9.84 Å². The van der Waals surface area contributed by atoms with E-state index in [0.29, 0.717) is 66.7 Å². The van der Waals surface area contributed by atoms with E-state index in [4.69, 9.17) is 14.5 Å². The van der Waals surface area contributed by atoms with Crippen molar-refractivity contribution in [1.82, 2.24) is 25.2 Å². The lowest BCUT2D eigenvalue weighted by Gasteiger charge is -2.32.